The summed E-state index contributed by atoms with van der Waals surface area (Å²) in [6.07, 6.45) is 7.75. The zero-order valence-corrected chi connectivity index (χ0v) is 17.1. The highest BCUT2D eigenvalue weighted by molar-refractivity contribution is 7.09. The maximum atomic E-state index is 6.09. The first-order valence-electron chi connectivity index (χ1n) is 9.62. The first-order valence-corrected chi connectivity index (χ1v) is 10.9. The van der Waals surface area contributed by atoms with E-state index in [-0.39, 0.29) is 0 Å². The first kappa shape index (κ1) is 18.7. The van der Waals surface area contributed by atoms with Crippen LogP contribution in [0, 0.1) is 6.92 Å². The maximum absolute atomic E-state index is 6.09. The molecule has 1 fully saturated rings. The lowest BCUT2D eigenvalue weighted by Crippen LogP contribution is -2.37. The fourth-order valence-corrected chi connectivity index (χ4v) is 4.81. The van der Waals surface area contributed by atoms with Crippen molar-refractivity contribution in [2.45, 2.75) is 51.1 Å². The topological polar surface area (TPSA) is 49.8 Å². The van der Waals surface area contributed by atoms with Crippen molar-refractivity contribution in [1.82, 2.24) is 15.3 Å². The minimum absolute atomic E-state index is 0.521. The largest absolute Gasteiger partial charge is 0.382 e. The van der Waals surface area contributed by atoms with Crippen LogP contribution in [-0.2, 0) is 6.42 Å². The predicted molar refractivity (Wildman–Crippen MR) is 115 cm³/mol. The third kappa shape index (κ3) is 4.60. The molecule has 6 heteroatoms. The molecule has 27 heavy (non-hydrogen) atoms. The molecule has 3 aromatic rings. The second-order valence-corrected chi connectivity index (χ2v) is 8.65. The van der Waals surface area contributed by atoms with E-state index in [4.69, 9.17) is 11.6 Å². The number of fused-ring (bicyclic) bond motifs is 1. The lowest BCUT2D eigenvalue weighted by Gasteiger charge is -2.30. The highest BCUT2D eigenvalue weighted by Gasteiger charge is 2.21. The Morgan fingerprint density at radius 1 is 1.11 bits per heavy atom. The summed E-state index contributed by atoms with van der Waals surface area (Å²) in [7, 11) is 0. The Kier molecular flexibility index (Phi) is 5.91. The number of nitrogens with one attached hydrogen (secondary N) is 2. The van der Waals surface area contributed by atoms with Gasteiger partial charge in [-0.2, -0.15) is 0 Å². The van der Waals surface area contributed by atoms with E-state index in [9.17, 15) is 0 Å². The third-order valence-electron chi connectivity index (χ3n) is 5.42. The van der Waals surface area contributed by atoms with E-state index in [1.165, 1.54) is 36.3 Å². The normalized spacial score (nSPS) is 20.1. The molecular weight excluding hydrogens is 376 g/mol. The van der Waals surface area contributed by atoms with E-state index in [1.807, 2.05) is 23.8 Å². The van der Waals surface area contributed by atoms with Crippen molar-refractivity contribution in [3.05, 3.63) is 51.6 Å². The zero-order chi connectivity index (χ0) is 18.6. The van der Waals surface area contributed by atoms with Crippen molar-refractivity contribution in [3.63, 3.8) is 0 Å². The molecule has 0 atom stereocenters. The lowest BCUT2D eigenvalue weighted by atomic mass is 9.91. The summed E-state index contributed by atoms with van der Waals surface area (Å²) < 4.78 is 0. The minimum Gasteiger partial charge on any atom is -0.382 e. The molecule has 0 bridgehead atoms. The average molecular weight is 401 g/mol. The summed E-state index contributed by atoms with van der Waals surface area (Å²) in [6.45, 7) is 3.14. The van der Waals surface area contributed by atoms with Gasteiger partial charge in [0, 0.05) is 45.8 Å². The van der Waals surface area contributed by atoms with E-state index in [2.05, 4.69) is 39.7 Å². The molecule has 0 spiro atoms. The van der Waals surface area contributed by atoms with Crippen molar-refractivity contribution < 1.29 is 0 Å². The van der Waals surface area contributed by atoms with Crippen LogP contribution < -0.4 is 10.6 Å². The number of hydrogen-bond acceptors (Lipinski definition) is 5. The van der Waals surface area contributed by atoms with Crippen LogP contribution in [0.5, 0.6) is 0 Å². The summed E-state index contributed by atoms with van der Waals surface area (Å²) in [5.74, 6) is 0. The molecule has 1 aliphatic carbocycles. The molecule has 142 valence electrons. The summed E-state index contributed by atoms with van der Waals surface area (Å²) in [5.41, 5.74) is 5.23. The summed E-state index contributed by atoms with van der Waals surface area (Å²) in [5, 5.41) is 9.34. The van der Waals surface area contributed by atoms with E-state index in [0.717, 1.165) is 34.6 Å². The fourth-order valence-electron chi connectivity index (χ4n) is 3.86. The number of aromatic nitrogens is 2. The number of anilines is 1. The second-order valence-electron chi connectivity index (χ2n) is 7.28. The molecule has 0 unspecified atom stereocenters. The monoisotopic (exact) mass is 400 g/mol. The van der Waals surface area contributed by atoms with Crippen LogP contribution >= 0.6 is 22.9 Å². The number of hydrogen-bond donors (Lipinski definition) is 2. The molecule has 2 aromatic heterocycles. The van der Waals surface area contributed by atoms with Crippen molar-refractivity contribution >= 4 is 39.5 Å². The van der Waals surface area contributed by atoms with Gasteiger partial charge in [-0.1, -0.05) is 11.6 Å². The maximum Gasteiger partial charge on any atom is 0.0797 e. The Hall–Kier alpha value is -1.69. The van der Waals surface area contributed by atoms with Gasteiger partial charge in [0.1, 0.15) is 0 Å². The van der Waals surface area contributed by atoms with Crippen LogP contribution in [-0.4, -0.2) is 28.6 Å². The Bertz CT molecular complexity index is 902. The van der Waals surface area contributed by atoms with Crippen LogP contribution in [0.15, 0.2) is 36.0 Å². The van der Waals surface area contributed by atoms with Gasteiger partial charge in [0.25, 0.3) is 0 Å². The number of halogens is 1. The van der Waals surface area contributed by atoms with E-state index in [1.54, 1.807) is 11.3 Å². The molecule has 0 amide bonds. The highest BCUT2D eigenvalue weighted by Crippen LogP contribution is 2.28. The predicted octanol–water partition coefficient (Wildman–Crippen LogP) is 5.21. The summed E-state index contributed by atoms with van der Waals surface area (Å²) in [6, 6.07) is 9.13. The van der Waals surface area contributed by atoms with Gasteiger partial charge in [0.2, 0.25) is 0 Å². The molecule has 1 aliphatic rings. The van der Waals surface area contributed by atoms with E-state index < -0.39 is 0 Å². The minimum atomic E-state index is 0.521. The highest BCUT2D eigenvalue weighted by atomic mass is 35.5. The van der Waals surface area contributed by atoms with Crippen LogP contribution in [0.4, 0.5) is 5.69 Å². The SMILES string of the molecule is Cc1ncsc1CCNC1CCC(Nc2ccnc3cc(Cl)ccc23)CC1. The number of nitrogens with zero attached hydrogens (tertiary/aromatic N) is 2. The standard InChI is InChI=1S/C21H25ClN4S/c1-14-21(27-13-25-14)9-11-23-16-3-5-17(6-4-16)26-19-8-10-24-20-12-15(22)2-7-18(19)20/h2,7-8,10,12-13,16-17,23H,3-6,9,11H2,1H3,(H,24,26). The Morgan fingerprint density at radius 3 is 2.70 bits per heavy atom. The Balaban J connectivity index is 1.28. The number of benzene rings is 1. The molecule has 2 heterocycles. The fraction of sp³-hybridized carbons (Fsp3) is 0.429. The molecule has 0 saturated heterocycles. The molecule has 0 radical (unpaired) electrons. The number of rotatable bonds is 6. The van der Waals surface area contributed by atoms with Crippen molar-refractivity contribution in [2.24, 2.45) is 0 Å². The molecule has 1 aromatic carbocycles. The van der Waals surface area contributed by atoms with Crippen molar-refractivity contribution in [3.8, 4) is 0 Å². The van der Waals surface area contributed by atoms with Gasteiger partial charge >= 0.3 is 0 Å². The molecule has 4 nitrogen and oxygen atoms in total. The third-order valence-corrected chi connectivity index (χ3v) is 6.65. The molecule has 2 N–H and O–H groups in total. The first-order chi connectivity index (χ1) is 13.2. The van der Waals surface area contributed by atoms with Gasteiger partial charge < -0.3 is 10.6 Å². The van der Waals surface area contributed by atoms with Crippen LogP contribution in [0.2, 0.25) is 5.02 Å². The summed E-state index contributed by atoms with van der Waals surface area (Å²) >= 11 is 7.86. The van der Waals surface area contributed by atoms with Crippen LogP contribution in [0.3, 0.4) is 0 Å². The van der Waals surface area contributed by atoms with Gasteiger partial charge in [0.15, 0.2) is 0 Å². The average Bonchev–Trinajstić information content (AvgIpc) is 3.08. The smallest absolute Gasteiger partial charge is 0.0797 e. The van der Waals surface area contributed by atoms with Crippen molar-refractivity contribution in [1.29, 1.82) is 0 Å². The van der Waals surface area contributed by atoms with Crippen LogP contribution in [0.1, 0.15) is 36.3 Å². The van der Waals surface area contributed by atoms with Gasteiger partial charge in [0.05, 0.1) is 16.7 Å². The molecule has 4 rings (SSSR count). The number of aryl methyl sites for hydroxylation is 1. The zero-order valence-electron chi connectivity index (χ0n) is 15.5. The van der Waals surface area contributed by atoms with Gasteiger partial charge in [-0.25, -0.2) is 4.98 Å². The number of pyridine rings is 1. The van der Waals surface area contributed by atoms with Gasteiger partial charge in [-0.15, -0.1) is 11.3 Å². The lowest BCUT2D eigenvalue weighted by molar-refractivity contribution is 0.356. The molecular formula is C21H25ClN4S. The molecule has 1 saturated carbocycles. The van der Waals surface area contributed by atoms with Crippen LogP contribution in [0.25, 0.3) is 10.9 Å². The van der Waals surface area contributed by atoms with E-state index in [0.29, 0.717) is 12.1 Å². The van der Waals surface area contributed by atoms with Gasteiger partial charge in [-0.05, 0) is 63.3 Å². The molecule has 0 aliphatic heterocycles. The quantitative estimate of drug-likeness (QED) is 0.596. The summed E-state index contributed by atoms with van der Waals surface area (Å²) in [4.78, 5) is 10.2. The Morgan fingerprint density at radius 2 is 1.93 bits per heavy atom. The van der Waals surface area contributed by atoms with Gasteiger partial charge in [-0.3, -0.25) is 4.98 Å². The second kappa shape index (κ2) is 8.55. The van der Waals surface area contributed by atoms with Crippen molar-refractivity contribution in [2.75, 3.05) is 11.9 Å². The van der Waals surface area contributed by atoms with E-state index >= 15 is 0 Å². The number of thiazole rings is 1. The Labute approximate surface area is 169 Å².